The summed E-state index contributed by atoms with van der Waals surface area (Å²) in [7, 11) is 0. The Hall–Kier alpha value is -5.70. The second kappa shape index (κ2) is 39.7. The van der Waals surface area contributed by atoms with Crippen LogP contribution in [-0.4, -0.2) is 130 Å². The summed E-state index contributed by atoms with van der Waals surface area (Å²) in [6.07, 6.45) is 15.7. The topological polar surface area (TPSA) is 202 Å². The molecule has 3 heterocycles. The number of quaternary nitrogens is 1. The molecule has 0 amide bonds. The lowest BCUT2D eigenvalue weighted by Gasteiger charge is -2.39. The molecule has 15 nitrogen and oxygen atoms in total. The van der Waals surface area contributed by atoms with Gasteiger partial charge in [-0.15, -0.1) is 22.7 Å². The first kappa shape index (κ1) is 70.6. The molecule has 448 valence electrons. The highest BCUT2D eigenvalue weighted by molar-refractivity contribution is 7.25. The van der Waals surface area contributed by atoms with Crippen molar-refractivity contribution < 1.29 is 79.3 Å². The van der Waals surface area contributed by atoms with Crippen molar-refractivity contribution in [3.8, 4) is 0 Å². The number of rotatable bonds is 32. The van der Waals surface area contributed by atoms with Gasteiger partial charge >= 0.3 is 23.9 Å². The van der Waals surface area contributed by atoms with E-state index >= 15 is 0 Å². The number of carbonyl (C=O) groups is 4. The van der Waals surface area contributed by atoms with Crippen molar-refractivity contribution in [2.75, 3.05) is 79.0 Å². The number of halogens is 1. The number of aliphatic hydroxyl groups is 1. The first-order chi connectivity index (χ1) is 39.3. The zero-order chi connectivity index (χ0) is 58.8. The Bertz CT molecular complexity index is 3010. The predicted molar refractivity (Wildman–Crippen MR) is 326 cm³/mol. The third-order valence-electron chi connectivity index (χ3n) is 13.2. The highest BCUT2D eigenvalue weighted by Crippen LogP contribution is 2.28. The largest absolute Gasteiger partial charge is 1.00 e. The number of ether oxygens (including phenoxy) is 6. The van der Waals surface area contributed by atoms with E-state index < -0.39 is 24.0 Å². The summed E-state index contributed by atoms with van der Waals surface area (Å²) >= 11 is 2.87. The van der Waals surface area contributed by atoms with Crippen molar-refractivity contribution in [1.82, 2.24) is 0 Å². The van der Waals surface area contributed by atoms with E-state index in [-0.39, 0.29) is 64.8 Å². The zero-order valence-electron chi connectivity index (χ0n) is 48.2. The van der Waals surface area contributed by atoms with Crippen molar-refractivity contribution in [1.29, 1.82) is 0 Å². The Kier molecular flexibility index (Phi) is 34.2. The Morgan fingerprint density at radius 3 is 1.44 bits per heavy atom. The molecule has 2 aromatic heterocycles. The highest BCUT2D eigenvalue weighted by Gasteiger charge is 2.25. The van der Waals surface area contributed by atoms with E-state index in [1.54, 1.807) is 54.6 Å². The summed E-state index contributed by atoms with van der Waals surface area (Å²) < 4.78 is 35.1. The van der Waals surface area contributed by atoms with Gasteiger partial charge in [-0.2, -0.15) is 0 Å². The molecule has 82 heavy (non-hydrogen) atoms. The maximum absolute atomic E-state index is 13.0. The molecule has 18 heteroatoms. The van der Waals surface area contributed by atoms with E-state index in [1.165, 1.54) is 117 Å². The smallest absolute Gasteiger partial charge is 0.339 e. The molecule has 1 aliphatic rings. The van der Waals surface area contributed by atoms with Crippen LogP contribution in [0.1, 0.15) is 125 Å². The number of aromatic carboxylic acids is 1. The lowest BCUT2D eigenvalue weighted by Crippen LogP contribution is -3.00. The standard InChI is InChI=1S/C24H24O7S.C16H36N.C14H8O3S.C10H16O4.BrH/c1-2-21(26)30-13-6-5-12-29-14-16(25)15-31-24(28)18-9-7-11-20-22(18)23(27)17-8-3-4-10-19(17)32-20;1-5-9-13-17(14-10-6-2,15-11-7-3)16-12-8-4;15-13-8-4-1-2-6-10(8)18-11-7-3-5-9(12(11)13)14(16)17;1-2-10(11)13-6-4-3-5-12-7-9-8-14-9;/h2-4,7-11,16,25H,1,5-6,12-15H2;5-16H2,1-4H3;1-7H,(H,16,17);2,9H,1,3-8H2;1H/q;+1;;;/p-1. The number of nitrogens with zero attached hydrogens (tertiary/aromatic N) is 1. The van der Waals surface area contributed by atoms with Gasteiger partial charge in [-0.05, 0) is 99.9 Å². The lowest BCUT2D eigenvalue weighted by atomic mass is 10.1. The molecule has 0 bridgehead atoms. The van der Waals surface area contributed by atoms with Gasteiger partial charge in [0.15, 0.2) is 10.9 Å². The maximum Gasteiger partial charge on any atom is 0.339 e. The third-order valence-corrected chi connectivity index (χ3v) is 15.5. The molecule has 0 aliphatic carbocycles. The number of esters is 3. The molecule has 1 saturated heterocycles. The van der Waals surface area contributed by atoms with Crippen molar-refractivity contribution >= 4 is 86.9 Å². The Morgan fingerprint density at radius 1 is 0.585 bits per heavy atom. The van der Waals surface area contributed by atoms with Crippen molar-refractivity contribution in [2.45, 2.75) is 117 Å². The van der Waals surface area contributed by atoms with E-state index in [4.69, 9.17) is 33.5 Å². The quantitative estimate of drug-likeness (QED) is 0.00769. The summed E-state index contributed by atoms with van der Waals surface area (Å²) in [6.45, 7) is 24.7. The van der Waals surface area contributed by atoms with Gasteiger partial charge in [-0.25, -0.2) is 19.2 Å². The number of benzene rings is 4. The van der Waals surface area contributed by atoms with Crippen molar-refractivity contribution in [3.05, 3.63) is 142 Å². The fourth-order valence-corrected chi connectivity index (χ4v) is 10.9. The maximum atomic E-state index is 13.0. The highest BCUT2D eigenvalue weighted by atomic mass is 79.9. The molecule has 6 aromatic rings. The number of hydrogen-bond donors (Lipinski definition) is 2. The van der Waals surface area contributed by atoms with Crippen LogP contribution in [0.3, 0.4) is 0 Å². The van der Waals surface area contributed by atoms with Crippen LogP contribution in [0.2, 0.25) is 0 Å². The van der Waals surface area contributed by atoms with E-state index in [1.807, 2.05) is 24.3 Å². The number of carboxylic acids is 1. The molecule has 2 N–H and O–H groups in total. The number of carboxylic acid groups (broad SMARTS) is 1. The molecule has 2 atom stereocenters. The summed E-state index contributed by atoms with van der Waals surface area (Å²) in [5, 5.41) is 20.9. The van der Waals surface area contributed by atoms with E-state index in [0.29, 0.717) is 76.3 Å². The normalized spacial score (nSPS) is 12.8. The summed E-state index contributed by atoms with van der Waals surface area (Å²) in [6, 6.07) is 24.5. The van der Waals surface area contributed by atoms with Gasteiger partial charge < -0.3 is 60.1 Å². The molecule has 0 radical (unpaired) electrons. The Balaban J connectivity index is 0.000000303. The molecule has 4 aromatic carbocycles. The zero-order valence-corrected chi connectivity index (χ0v) is 51.4. The average molecular weight is 1240 g/mol. The first-order valence-electron chi connectivity index (χ1n) is 28.4. The molecule has 0 saturated carbocycles. The minimum Gasteiger partial charge on any atom is -1.00 e. The second-order valence-electron chi connectivity index (χ2n) is 19.7. The summed E-state index contributed by atoms with van der Waals surface area (Å²) in [5.41, 5.74) is -0.182. The van der Waals surface area contributed by atoms with Crippen LogP contribution in [0.15, 0.2) is 120 Å². The monoisotopic (exact) mass is 1230 g/mol. The number of unbranched alkanes of at least 4 members (excludes halogenated alkanes) is 6. The SMILES string of the molecule is C=CC(=O)OCCCCOCC(O)COC(=O)c1cccc2sc3ccccc3c(=O)c12.C=CC(=O)OCCCCOCC1CO1.CCCC[N+](CCCC)(CCCC)CCCC.O=C(O)c1cccc2sc3ccccc3c(=O)c12.[Br-]. The number of aliphatic hydroxyl groups excluding tert-OH is 1. The van der Waals surface area contributed by atoms with Crippen LogP contribution in [0, 0.1) is 0 Å². The van der Waals surface area contributed by atoms with Crippen LogP contribution in [0.5, 0.6) is 0 Å². The van der Waals surface area contributed by atoms with E-state index in [0.717, 1.165) is 34.9 Å². The first-order valence-corrected chi connectivity index (χ1v) is 30.1. The predicted octanol–water partition coefficient (Wildman–Crippen LogP) is 9.49. The van der Waals surface area contributed by atoms with Crippen molar-refractivity contribution in [3.63, 3.8) is 0 Å². The minimum atomic E-state index is -1.07. The lowest BCUT2D eigenvalue weighted by molar-refractivity contribution is -0.929. The minimum absolute atomic E-state index is 0. The van der Waals surface area contributed by atoms with Gasteiger partial charge in [0, 0.05) is 54.9 Å². The molecular formula is C64H84BrNO14S2. The summed E-state index contributed by atoms with van der Waals surface area (Å²) in [5.74, 6) is -2.57. The number of hydrogen-bond acceptors (Lipinski definition) is 15. The van der Waals surface area contributed by atoms with E-state index in [2.05, 4.69) is 40.9 Å². The van der Waals surface area contributed by atoms with Crippen LogP contribution >= 0.6 is 22.7 Å². The van der Waals surface area contributed by atoms with Crippen LogP contribution < -0.4 is 27.8 Å². The van der Waals surface area contributed by atoms with Gasteiger partial charge in [0.1, 0.15) is 18.8 Å². The fourth-order valence-electron chi connectivity index (χ4n) is 8.66. The molecular weight excluding hydrogens is 1150 g/mol. The number of fused-ring (bicyclic) bond motifs is 4. The Morgan fingerprint density at radius 2 is 1.00 bits per heavy atom. The van der Waals surface area contributed by atoms with Crippen LogP contribution in [-0.2, 0) is 38.0 Å². The average Bonchev–Trinajstić information content (AvgIpc) is 4.36. The number of carbonyl (C=O) groups excluding carboxylic acids is 3. The van der Waals surface area contributed by atoms with Crippen LogP contribution in [0.4, 0.5) is 0 Å². The summed E-state index contributed by atoms with van der Waals surface area (Å²) in [4.78, 5) is 70.6. The molecule has 0 spiro atoms. The van der Waals surface area contributed by atoms with Gasteiger partial charge in [-0.3, -0.25) is 9.59 Å². The third kappa shape index (κ3) is 24.3. The molecule has 1 aliphatic heterocycles. The Labute approximate surface area is 501 Å². The number of epoxide rings is 1. The molecule has 1 fully saturated rings. The van der Waals surface area contributed by atoms with Gasteiger partial charge in [0.2, 0.25) is 0 Å². The fraction of sp³-hybridized carbons (Fsp3) is 0.469. The molecule has 7 rings (SSSR count). The van der Waals surface area contributed by atoms with Gasteiger partial charge in [-0.1, -0.05) is 103 Å². The van der Waals surface area contributed by atoms with E-state index in [9.17, 15) is 33.9 Å². The van der Waals surface area contributed by atoms with Gasteiger partial charge in [0.05, 0.1) is 81.1 Å². The van der Waals surface area contributed by atoms with Crippen molar-refractivity contribution in [2.24, 2.45) is 0 Å². The molecule has 2 unspecified atom stereocenters. The van der Waals surface area contributed by atoms with Crippen LogP contribution in [0.25, 0.3) is 40.3 Å². The second-order valence-corrected chi connectivity index (χ2v) is 21.9. The van der Waals surface area contributed by atoms with Gasteiger partial charge in [0.25, 0.3) is 0 Å².